The zero-order valence-electron chi connectivity index (χ0n) is 6.51. The molecule has 1 fully saturated rings. The van der Waals surface area contributed by atoms with E-state index < -0.39 is 5.79 Å². The van der Waals surface area contributed by atoms with Gasteiger partial charge in [0, 0.05) is 12.8 Å². The minimum absolute atomic E-state index is 0.561. The van der Waals surface area contributed by atoms with E-state index in [1.54, 1.807) is 0 Å². The molecule has 0 aromatic rings. The van der Waals surface area contributed by atoms with E-state index in [1.807, 2.05) is 0 Å². The highest BCUT2D eigenvalue weighted by Crippen LogP contribution is 2.31. The maximum Gasteiger partial charge on any atom is 0.162 e. The van der Waals surface area contributed by atoms with E-state index in [2.05, 4.69) is 6.92 Å². The van der Waals surface area contributed by atoms with Gasteiger partial charge in [0.15, 0.2) is 5.79 Å². The molecule has 2 nitrogen and oxygen atoms in total. The Hall–Kier alpha value is -0.0800. The zero-order chi connectivity index (χ0) is 7.61. The highest BCUT2D eigenvalue weighted by Gasteiger charge is 2.29. The first-order valence-electron chi connectivity index (χ1n) is 4.09. The summed E-state index contributed by atoms with van der Waals surface area (Å²) in [6.45, 7) is 2.16. The third-order valence-electron chi connectivity index (χ3n) is 2.48. The van der Waals surface area contributed by atoms with E-state index in [0.717, 1.165) is 18.8 Å². The Kier molecular flexibility index (Phi) is 2.32. The topological polar surface area (TPSA) is 40.5 Å². The predicted molar refractivity (Wildman–Crippen MR) is 39.4 cm³/mol. The van der Waals surface area contributed by atoms with Crippen LogP contribution in [-0.4, -0.2) is 16.0 Å². The van der Waals surface area contributed by atoms with Crippen LogP contribution in [0, 0.1) is 5.92 Å². The Labute approximate surface area is 61.9 Å². The summed E-state index contributed by atoms with van der Waals surface area (Å²) < 4.78 is 0. The number of hydrogen-bond donors (Lipinski definition) is 2. The lowest BCUT2D eigenvalue weighted by Gasteiger charge is -2.30. The summed E-state index contributed by atoms with van der Waals surface area (Å²) >= 11 is 0. The molecular formula is C8H16O2. The van der Waals surface area contributed by atoms with E-state index in [4.69, 9.17) is 10.2 Å². The van der Waals surface area contributed by atoms with Crippen LogP contribution in [-0.2, 0) is 0 Å². The van der Waals surface area contributed by atoms with Gasteiger partial charge in [-0.1, -0.05) is 13.3 Å². The molecule has 0 aromatic heterocycles. The second-order valence-corrected chi connectivity index (χ2v) is 3.33. The molecule has 2 heteroatoms. The van der Waals surface area contributed by atoms with Crippen molar-refractivity contribution in [3.8, 4) is 0 Å². The van der Waals surface area contributed by atoms with Gasteiger partial charge in [-0.3, -0.25) is 0 Å². The van der Waals surface area contributed by atoms with E-state index in [1.165, 1.54) is 6.42 Å². The molecule has 0 atom stereocenters. The molecule has 1 saturated carbocycles. The van der Waals surface area contributed by atoms with Crippen LogP contribution >= 0.6 is 0 Å². The second-order valence-electron chi connectivity index (χ2n) is 3.33. The average molecular weight is 144 g/mol. The summed E-state index contributed by atoms with van der Waals surface area (Å²) in [5.41, 5.74) is 0. The highest BCUT2D eigenvalue weighted by atomic mass is 16.5. The fourth-order valence-electron chi connectivity index (χ4n) is 1.55. The average Bonchev–Trinajstić information content (AvgIpc) is 1.88. The summed E-state index contributed by atoms with van der Waals surface area (Å²) in [6, 6.07) is 0. The fraction of sp³-hybridized carbons (Fsp3) is 1.00. The minimum atomic E-state index is -1.34. The number of rotatable bonds is 1. The Morgan fingerprint density at radius 2 is 1.80 bits per heavy atom. The maximum absolute atomic E-state index is 9.14. The first-order chi connectivity index (χ1) is 4.64. The molecule has 1 aliphatic rings. The normalized spacial score (nSPS) is 26.7. The number of hydrogen-bond acceptors (Lipinski definition) is 2. The molecule has 0 aromatic carbocycles. The van der Waals surface area contributed by atoms with Crippen molar-refractivity contribution in [3.05, 3.63) is 0 Å². The van der Waals surface area contributed by atoms with Gasteiger partial charge < -0.3 is 10.2 Å². The molecule has 1 rings (SSSR count). The summed E-state index contributed by atoms with van der Waals surface area (Å²) in [5.74, 6) is -0.612. The molecule has 1 aliphatic carbocycles. The van der Waals surface area contributed by atoms with Crippen molar-refractivity contribution in [1.29, 1.82) is 0 Å². The maximum atomic E-state index is 9.14. The van der Waals surface area contributed by atoms with Crippen LogP contribution in [0.15, 0.2) is 0 Å². The molecule has 0 aliphatic heterocycles. The lowest BCUT2D eigenvalue weighted by atomic mass is 9.84. The molecule has 0 bridgehead atoms. The smallest absolute Gasteiger partial charge is 0.162 e. The lowest BCUT2D eigenvalue weighted by Crippen LogP contribution is -2.33. The molecule has 0 spiro atoms. The van der Waals surface area contributed by atoms with Crippen molar-refractivity contribution in [1.82, 2.24) is 0 Å². The quantitative estimate of drug-likeness (QED) is 0.544. The van der Waals surface area contributed by atoms with Crippen LogP contribution in [0.3, 0.4) is 0 Å². The molecule has 0 saturated heterocycles. The molecule has 0 amide bonds. The van der Waals surface area contributed by atoms with Crippen LogP contribution in [0.4, 0.5) is 0 Å². The van der Waals surface area contributed by atoms with Crippen molar-refractivity contribution in [2.45, 2.75) is 44.8 Å². The van der Waals surface area contributed by atoms with Crippen LogP contribution < -0.4 is 0 Å². The molecule has 0 heterocycles. The van der Waals surface area contributed by atoms with Crippen molar-refractivity contribution >= 4 is 0 Å². The fourth-order valence-corrected chi connectivity index (χ4v) is 1.55. The monoisotopic (exact) mass is 144 g/mol. The van der Waals surface area contributed by atoms with Gasteiger partial charge in [0.25, 0.3) is 0 Å². The van der Waals surface area contributed by atoms with Crippen molar-refractivity contribution in [2.24, 2.45) is 5.92 Å². The van der Waals surface area contributed by atoms with Crippen molar-refractivity contribution in [2.75, 3.05) is 0 Å². The molecule has 60 valence electrons. The first-order valence-corrected chi connectivity index (χ1v) is 4.09. The molecule has 0 radical (unpaired) electrons. The van der Waals surface area contributed by atoms with E-state index in [-0.39, 0.29) is 0 Å². The minimum Gasteiger partial charge on any atom is -0.366 e. The Bertz CT molecular complexity index is 99.8. The summed E-state index contributed by atoms with van der Waals surface area (Å²) in [4.78, 5) is 0. The van der Waals surface area contributed by atoms with Crippen LogP contribution in [0.25, 0.3) is 0 Å². The van der Waals surface area contributed by atoms with Crippen molar-refractivity contribution in [3.63, 3.8) is 0 Å². The van der Waals surface area contributed by atoms with E-state index in [0.29, 0.717) is 12.8 Å². The standard InChI is InChI=1S/C8H16O2/c1-2-7-3-5-8(9,10)6-4-7/h7,9-10H,2-6H2,1H3. The van der Waals surface area contributed by atoms with Crippen LogP contribution in [0.1, 0.15) is 39.0 Å². The van der Waals surface area contributed by atoms with Crippen molar-refractivity contribution < 1.29 is 10.2 Å². The molecular weight excluding hydrogens is 128 g/mol. The predicted octanol–water partition coefficient (Wildman–Crippen LogP) is 1.27. The van der Waals surface area contributed by atoms with E-state index in [9.17, 15) is 0 Å². The summed E-state index contributed by atoms with van der Waals surface area (Å²) in [7, 11) is 0. The Morgan fingerprint density at radius 1 is 1.30 bits per heavy atom. The summed E-state index contributed by atoms with van der Waals surface area (Å²) in [5, 5.41) is 18.3. The van der Waals surface area contributed by atoms with E-state index >= 15 is 0 Å². The van der Waals surface area contributed by atoms with Crippen LogP contribution in [0.5, 0.6) is 0 Å². The van der Waals surface area contributed by atoms with Gasteiger partial charge in [-0.2, -0.15) is 0 Å². The number of aliphatic hydroxyl groups is 2. The van der Waals surface area contributed by atoms with Gasteiger partial charge in [0.1, 0.15) is 0 Å². The Morgan fingerprint density at radius 3 is 2.20 bits per heavy atom. The van der Waals surface area contributed by atoms with Gasteiger partial charge >= 0.3 is 0 Å². The SMILES string of the molecule is CCC1CCC(O)(O)CC1. The van der Waals surface area contributed by atoms with Gasteiger partial charge in [-0.25, -0.2) is 0 Å². The zero-order valence-corrected chi connectivity index (χ0v) is 6.51. The summed E-state index contributed by atoms with van der Waals surface area (Å²) in [6.07, 6.45) is 4.25. The third kappa shape index (κ3) is 1.96. The molecule has 2 N–H and O–H groups in total. The second kappa shape index (κ2) is 2.89. The Balaban J connectivity index is 2.31. The first kappa shape index (κ1) is 8.02. The van der Waals surface area contributed by atoms with Crippen LogP contribution in [0.2, 0.25) is 0 Å². The van der Waals surface area contributed by atoms with Gasteiger partial charge in [-0.05, 0) is 18.8 Å². The van der Waals surface area contributed by atoms with Gasteiger partial charge in [0.2, 0.25) is 0 Å². The highest BCUT2D eigenvalue weighted by molar-refractivity contribution is 4.75. The third-order valence-corrected chi connectivity index (χ3v) is 2.48. The molecule has 10 heavy (non-hydrogen) atoms. The van der Waals surface area contributed by atoms with Gasteiger partial charge in [0.05, 0.1) is 0 Å². The van der Waals surface area contributed by atoms with Gasteiger partial charge in [-0.15, -0.1) is 0 Å². The lowest BCUT2D eigenvalue weighted by molar-refractivity contribution is -0.186. The molecule has 0 unspecified atom stereocenters. The largest absolute Gasteiger partial charge is 0.366 e.